The van der Waals surface area contributed by atoms with Gasteiger partial charge in [0.2, 0.25) is 0 Å². The zero-order valence-electron chi connectivity index (χ0n) is 12.0. The first-order valence-electron chi connectivity index (χ1n) is 6.96. The molecule has 0 saturated carbocycles. The van der Waals surface area contributed by atoms with Crippen LogP contribution in [0.2, 0.25) is 0 Å². The van der Waals surface area contributed by atoms with Gasteiger partial charge in [-0.05, 0) is 37.5 Å². The summed E-state index contributed by atoms with van der Waals surface area (Å²) < 4.78 is 5.53. The van der Waals surface area contributed by atoms with E-state index in [1.54, 1.807) is 0 Å². The van der Waals surface area contributed by atoms with Crippen LogP contribution in [0, 0.1) is 16.7 Å². The summed E-state index contributed by atoms with van der Waals surface area (Å²) in [5.74, 6) is 1.02. The van der Waals surface area contributed by atoms with Gasteiger partial charge in [-0.1, -0.05) is 19.1 Å². The SMILES string of the molecule is CCC(NCC(C)(C)C#N)c1ccc2c(c1)CCO2. The first kappa shape index (κ1) is 13.9. The van der Waals surface area contributed by atoms with Crippen LogP contribution < -0.4 is 10.1 Å². The first-order chi connectivity index (χ1) is 9.05. The van der Waals surface area contributed by atoms with Gasteiger partial charge in [-0.2, -0.15) is 5.26 Å². The van der Waals surface area contributed by atoms with E-state index >= 15 is 0 Å². The Bertz CT molecular complexity index is 488. The van der Waals surface area contributed by atoms with Crippen molar-refractivity contribution in [3.8, 4) is 11.8 Å². The van der Waals surface area contributed by atoms with Crippen molar-refractivity contribution < 1.29 is 4.74 Å². The summed E-state index contributed by atoms with van der Waals surface area (Å²) >= 11 is 0. The van der Waals surface area contributed by atoms with E-state index in [4.69, 9.17) is 10.00 Å². The van der Waals surface area contributed by atoms with Crippen LogP contribution in [-0.4, -0.2) is 13.2 Å². The highest BCUT2D eigenvalue weighted by Gasteiger charge is 2.20. The maximum absolute atomic E-state index is 9.07. The standard InChI is InChI=1S/C16H22N2O/c1-4-14(18-11-16(2,3)10-17)12-5-6-15-13(9-12)7-8-19-15/h5-6,9,14,18H,4,7-8,11H2,1-3H3. The summed E-state index contributed by atoms with van der Waals surface area (Å²) in [5, 5.41) is 12.6. The minimum atomic E-state index is -0.326. The average Bonchev–Trinajstić information content (AvgIpc) is 2.87. The fourth-order valence-electron chi connectivity index (χ4n) is 2.34. The van der Waals surface area contributed by atoms with Crippen molar-refractivity contribution in [3.05, 3.63) is 29.3 Å². The molecule has 1 aliphatic rings. The topological polar surface area (TPSA) is 45.0 Å². The van der Waals surface area contributed by atoms with Gasteiger partial charge < -0.3 is 10.1 Å². The second-order valence-electron chi connectivity index (χ2n) is 5.80. The normalized spacial score (nSPS) is 15.5. The van der Waals surface area contributed by atoms with Crippen molar-refractivity contribution in [3.63, 3.8) is 0 Å². The third-order valence-corrected chi connectivity index (χ3v) is 3.62. The van der Waals surface area contributed by atoms with E-state index in [0.717, 1.165) is 25.2 Å². The average molecular weight is 258 g/mol. The number of nitriles is 1. The van der Waals surface area contributed by atoms with Crippen molar-refractivity contribution in [2.45, 2.75) is 39.7 Å². The highest BCUT2D eigenvalue weighted by molar-refractivity contribution is 5.40. The summed E-state index contributed by atoms with van der Waals surface area (Å²) in [6, 6.07) is 9.07. The van der Waals surface area contributed by atoms with Gasteiger partial charge in [0, 0.05) is 19.0 Å². The first-order valence-corrected chi connectivity index (χ1v) is 6.96. The summed E-state index contributed by atoms with van der Waals surface area (Å²) in [6.07, 6.45) is 2.02. The van der Waals surface area contributed by atoms with Crippen LogP contribution in [0.3, 0.4) is 0 Å². The van der Waals surface area contributed by atoms with Crippen molar-refractivity contribution in [1.29, 1.82) is 5.26 Å². The van der Waals surface area contributed by atoms with E-state index < -0.39 is 0 Å². The largest absolute Gasteiger partial charge is 0.493 e. The predicted octanol–water partition coefficient (Wildman–Crippen LogP) is 3.21. The molecule has 2 rings (SSSR count). The molecule has 0 aromatic heterocycles. The Balaban J connectivity index is 2.08. The number of hydrogen-bond donors (Lipinski definition) is 1. The minimum absolute atomic E-state index is 0.304. The lowest BCUT2D eigenvalue weighted by Gasteiger charge is -2.23. The number of nitrogens with one attached hydrogen (secondary N) is 1. The van der Waals surface area contributed by atoms with Gasteiger partial charge in [-0.25, -0.2) is 0 Å². The van der Waals surface area contributed by atoms with E-state index in [9.17, 15) is 0 Å². The Hall–Kier alpha value is -1.53. The molecule has 102 valence electrons. The van der Waals surface area contributed by atoms with Crippen LogP contribution in [-0.2, 0) is 6.42 Å². The summed E-state index contributed by atoms with van der Waals surface area (Å²) in [4.78, 5) is 0. The van der Waals surface area contributed by atoms with Crippen LogP contribution in [0.4, 0.5) is 0 Å². The minimum Gasteiger partial charge on any atom is -0.493 e. The zero-order chi connectivity index (χ0) is 13.9. The second kappa shape index (κ2) is 5.63. The van der Waals surface area contributed by atoms with E-state index in [2.05, 4.69) is 36.5 Å². The molecule has 3 heteroatoms. The van der Waals surface area contributed by atoms with Crippen molar-refractivity contribution in [2.24, 2.45) is 5.41 Å². The fourth-order valence-corrected chi connectivity index (χ4v) is 2.34. The maximum atomic E-state index is 9.07. The molecule has 0 amide bonds. The summed E-state index contributed by atoms with van der Waals surface area (Å²) in [7, 11) is 0. The predicted molar refractivity (Wildman–Crippen MR) is 76.1 cm³/mol. The molecule has 0 aliphatic carbocycles. The molecule has 19 heavy (non-hydrogen) atoms. The molecule has 1 aliphatic heterocycles. The van der Waals surface area contributed by atoms with Crippen molar-refractivity contribution >= 4 is 0 Å². The van der Waals surface area contributed by atoms with Gasteiger partial charge in [0.05, 0.1) is 18.1 Å². The summed E-state index contributed by atoms with van der Waals surface area (Å²) in [5.41, 5.74) is 2.27. The third kappa shape index (κ3) is 3.27. The highest BCUT2D eigenvalue weighted by atomic mass is 16.5. The van der Waals surface area contributed by atoms with Gasteiger partial charge in [0.25, 0.3) is 0 Å². The Morgan fingerprint density at radius 1 is 1.47 bits per heavy atom. The van der Waals surface area contributed by atoms with Crippen LogP contribution in [0.1, 0.15) is 44.4 Å². The lowest BCUT2D eigenvalue weighted by atomic mass is 9.94. The van der Waals surface area contributed by atoms with E-state index in [1.807, 2.05) is 13.8 Å². The van der Waals surface area contributed by atoms with Crippen LogP contribution in [0.5, 0.6) is 5.75 Å². The Labute approximate surface area is 115 Å². The van der Waals surface area contributed by atoms with Gasteiger partial charge in [-0.15, -0.1) is 0 Å². The molecule has 1 N–H and O–H groups in total. The number of nitrogens with zero attached hydrogens (tertiary/aromatic N) is 1. The van der Waals surface area contributed by atoms with Gasteiger partial charge in [-0.3, -0.25) is 0 Å². The van der Waals surface area contributed by atoms with Gasteiger partial charge >= 0.3 is 0 Å². The zero-order valence-corrected chi connectivity index (χ0v) is 12.0. The third-order valence-electron chi connectivity index (χ3n) is 3.62. The molecule has 0 radical (unpaired) electrons. The fraction of sp³-hybridized carbons (Fsp3) is 0.562. The quantitative estimate of drug-likeness (QED) is 0.882. The molecule has 1 aromatic rings. The van der Waals surface area contributed by atoms with E-state index in [0.29, 0.717) is 12.6 Å². The molecular formula is C16H22N2O. The Morgan fingerprint density at radius 3 is 2.95 bits per heavy atom. The molecule has 0 bridgehead atoms. The summed E-state index contributed by atoms with van der Waals surface area (Å²) in [6.45, 7) is 7.59. The number of rotatable bonds is 5. The number of fused-ring (bicyclic) bond motifs is 1. The number of hydrogen-bond acceptors (Lipinski definition) is 3. The number of ether oxygens (including phenoxy) is 1. The van der Waals surface area contributed by atoms with E-state index in [1.165, 1.54) is 11.1 Å². The lowest BCUT2D eigenvalue weighted by molar-refractivity contribution is 0.356. The molecular weight excluding hydrogens is 236 g/mol. The smallest absolute Gasteiger partial charge is 0.122 e. The lowest BCUT2D eigenvalue weighted by Crippen LogP contribution is -2.31. The maximum Gasteiger partial charge on any atom is 0.122 e. The molecule has 3 nitrogen and oxygen atoms in total. The molecule has 0 spiro atoms. The number of benzene rings is 1. The molecule has 1 unspecified atom stereocenters. The molecule has 0 fully saturated rings. The second-order valence-corrected chi connectivity index (χ2v) is 5.80. The van der Waals surface area contributed by atoms with Crippen LogP contribution in [0.15, 0.2) is 18.2 Å². The van der Waals surface area contributed by atoms with Crippen molar-refractivity contribution in [1.82, 2.24) is 5.32 Å². The van der Waals surface area contributed by atoms with Crippen LogP contribution >= 0.6 is 0 Å². The molecule has 1 atom stereocenters. The van der Waals surface area contributed by atoms with Gasteiger partial charge in [0.1, 0.15) is 5.75 Å². The van der Waals surface area contributed by atoms with Crippen molar-refractivity contribution in [2.75, 3.05) is 13.2 Å². The Kier molecular flexibility index (Phi) is 4.11. The molecule has 1 heterocycles. The van der Waals surface area contributed by atoms with Gasteiger partial charge in [0.15, 0.2) is 0 Å². The van der Waals surface area contributed by atoms with Crippen LogP contribution in [0.25, 0.3) is 0 Å². The highest BCUT2D eigenvalue weighted by Crippen LogP contribution is 2.29. The molecule has 1 aromatic carbocycles. The monoisotopic (exact) mass is 258 g/mol. The molecule has 0 saturated heterocycles. The van der Waals surface area contributed by atoms with E-state index in [-0.39, 0.29) is 5.41 Å². The Morgan fingerprint density at radius 2 is 2.26 bits per heavy atom.